The summed E-state index contributed by atoms with van der Waals surface area (Å²) < 4.78 is 17.8. The van der Waals surface area contributed by atoms with Gasteiger partial charge < -0.3 is 15.8 Å². The Labute approximate surface area is 181 Å². The van der Waals surface area contributed by atoms with Crippen molar-refractivity contribution < 1.29 is 18.7 Å². The molecular weight excluding hydrogens is 395 g/mol. The predicted octanol–water partition coefficient (Wildman–Crippen LogP) is 3.64. The Bertz CT molecular complexity index is 1030. The fourth-order valence-corrected chi connectivity index (χ4v) is 3.32. The van der Waals surface area contributed by atoms with E-state index < -0.39 is 12.0 Å². The number of hydrogen-bond acceptors (Lipinski definition) is 4. The van der Waals surface area contributed by atoms with Gasteiger partial charge in [0.1, 0.15) is 11.9 Å². The monoisotopic (exact) mass is 420 g/mol. The third kappa shape index (κ3) is 6.49. The van der Waals surface area contributed by atoms with Gasteiger partial charge in [-0.3, -0.25) is 9.59 Å². The summed E-state index contributed by atoms with van der Waals surface area (Å²) >= 11 is 0. The second-order valence-corrected chi connectivity index (χ2v) is 7.33. The summed E-state index contributed by atoms with van der Waals surface area (Å²) in [5.41, 5.74) is 10.2. The Morgan fingerprint density at radius 2 is 1.55 bits per heavy atom. The van der Waals surface area contributed by atoms with Crippen LogP contribution in [0.5, 0.6) is 0 Å². The topological polar surface area (TPSA) is 81.4 Å². The van der Waals surface area contributed by atoms with Gasteiger partial charge in [0.2, 0.25) is 5.91 Å². The lowest BCUT2D eigenvalue weighted by atomic mass is 9.97. The van der Waals surface area contributed by atoms with E-state index in [2.05, 4.69) is 10.1 Å². The first-order valence-electron chi connectivity index (χ1n) is 9.98. The Kier molecular flexibility index (Phi) is 7.51. The maximum atomic E-state index is 13.1. The second-order valence-electron chi connectivity index (χ2n) is 7.33. The van der Waals surface area contributed by atoms with Crippen LogP contribution in [0.4, 0.5) is 10.1 Å². The molecule has 0 spiro atoms. The number of carbonyl (C=O) groups is 2. The number of anilines is 1. The number of halogens is 1. The zero-order chi connectivity index (χ0) is 22.2. The first kappa shape index (κ1) is 22.2. The SMILES string of the molecule is COC(=O)[C@H](N)Cc1ccc(NC(=O)Cc2ccccc2Cc2ccc(F)cc2)cc1. The van der Waals surface area contributed by atoms with Crippen molar-refractivity contribution in [1.29, 1.82) is 0 Å². The molecule has 0 saturated carbocycles. The molecule has 0 radical (unpaired) electrons. The van der Waals surface area contributed by atoms with Crippen molar-refractivity contribution in [2.75, 3.05) is 12.4 Å². The maximum Gasteiger partial charge on any atom is 0.322 e. The van der Waals surface area contributed by atoms with Gasteiger partial charge in [0.15, 0.2) is 0 Å². The Morgan fingerprint density at radius 1 is 0.935 bits per heavy atom. The molecule has 0 saturated heterocycles. The van der Waals surface area contributed by atoms with Gasteiger partial charge in [0.25, 0.3) is 0 Å². The third-order valence-electron chi connectivity index (χ3n) is 4.97. The van der Waals surface area contributed by atoms with Crippen molar-refractivity contribution in [2.45, 2.75) is 25.3 Å². The molecule has 160 valence electrons. The average Bonchev–Trinajstić information content (AvgIpc) is 2.77. The maximum absolute atomic E-state index is 13.1. The van der Waals surface area contributed by atoms with E-state index in [9.17, 15) is 14.0 Å². The molecule has 3 rings (SSSR count). The molecule has 1 atom stereocenters. The molecule has 3 aromatic carbocycles. The van der Waals surface area contributed by atoms with Crippen molar-refractivity contribution in [3.63, 3.8) is 0 Å². The summed E-state index contributed by atoms with van der Waals surface area (Å²) in [6.45, 7) is 0. The van der Waals surface area contributed by atoms with Crippen molar-refractivity contribution in [3.8, 4) is 0 Å². The van der Waals surface area contributed by atoms with Crippen molar-refractivity contribution in [2.24, 2.45) is 5.73 Å². The first-order chi connectivity index (χ1) is 14.9. The lowest BCUT2D eigenvalue weighted by Gasteiger charge is -2.12. The van der Waals surface area contributed by atoms with Gasteiger partial charge in [-0.1, -0.05) is 48.5 Å². The molecule has 0 aliphatic heterocycles. The number of nitrogens with two attached hydrogens (primary N) is 1. The van der Waals surface area contributed by atoms with Crippen LogP contribution in [-0.4, -0.2) is 25.0 Å². The molecule has 0 unspecified atom stereocenters. The van der Waals surface area contributed by atoms with E-state index in [0.717, 1.165) is 22.3 Å². The largest absolute Gasteiger partial charge is 0.468 e. The van der Waals surface area contributed by atoms with Crippen molar-refractivity contribution in [1.82, 2.24) is 0 Å². The minimum Gasteiger partial charge on any atom is -0.468 e. The van der Waals surface area contributed by atoms with Gasteiger partial charge in [-0.15, -0.1) is 0 Å². The third-order valence-corrected chi connectivity index (χ3v) is 4.97. The van der Waals surface area contributed by atoms with Gasteiger partial charge in [-0.05, 0) is 59.4 Å². The Balaban J connectivity index is 1.61. The average molecular weight is 420 g/mol. The molecule has 31 heavy (non-hydrogen) atoms. The zero-order valence-electron chi connectivity index (χ0n) is 17.3. The van der Waals surface area contributed by atoms with Gasteiger partial charge in [-0.25, -0.2) is 4.39 Å². The standard InChI is InChI=1S/C25H25FN2O3/c1-31-25(30)23(27)15-18-8-12-22(13-9-18)28-24(29)16-20-5-3-2-4-19(20)14-17-6-10-21(26)11-7-17/h2-13,23H,14-16,27H2,1H3,(H,28,29)/t23-/m1/s1. The van der Waals surface area contributed by atoms with Crippen LogP contribution in [0.15, 0.2) is 72.8 Å². The van der Waals surface area contributed by atoms with Crippen LogP contribution in [0.3, 0.4) is 0 Å². The van der Waals surface area contributed by atoms with E-state index in [1.807, 2.05) is 36.4 Å². The van der Waals surface area contributed by atoms with Crippen LogP contribution >= 0.6 is 0 Å². The molecule has 1 amide bonds. The summed E-state index contributed by atoms with van der Waals surface area (Å²) in [6.07, 6.45) is 1.21. The van der Waals surface area contributed by atoms with E-state index >= 15 is 0 Å². The van der Waals surface area contributed by atoms with Crippen molar-refractivity contribution >= 4 is 17.6 Å². The fraction of sp³-hybridized carbons (Fsp3) is 0.200. The van der Waals surface area contributed by atoms with Gasteiger partial charge in [0, 0.05) is 5.69 Å². The van der Waals surface area contributed by atoms with Crippen molar-refractivity contribution in [3.05, 3.63) is 101 Å². The van der Waals surface area contributed by atoms with E-state index in [1.54, 1.807) is 24.3 Å². The Morgan fingerprint density at radius 3 is 2.19 bits per heavy atom. The molecule has 0 aliphatic carbocycles. The van der Waals surface area contributed by atoms with Crippen LogP contribution in [-0.2, 0) is 33.6 Å². The summed E-state index contributed by atoms with van der Waals surface area (Å²) in [6, 6.07) is 20.6. The highest BCUT2D eigenvalue weighted by Gasteiger charge is 2.14. The number of esters is 1. The van der Waals surface area contributed by atoms with Crippen LogP contribution in [0, 0.1) is 5.82 Å². The Hall–Kier alpha value is -3.51. The summed E-state index contributed by atoms with van der Waals surface area (Å²) in [5, 5.41) is 2.89. The first-order valence-corrected chi connectivity index (χ1v) is 9.98. The minimum absolute atomic E-state index is 0.134. The van der Waals surface area contributed by atoms with Gasteiger partial charge >= 0.3 is 5.97 Å². The number of nitrogens with one attached hydrogen (secondary N) is 1. The highest BCUT2D eigenvalue weighted by molar-refractivity contribution is 5.92. The van der Waals surface area contributed by atoms with Crippen LogP contribution in [0.2, 0.25) is 0 Å². The molecule has 0 aromatic heterocycles. The number of ether oxygens (including phenoxy) is 1. The van der Waals surface area contributed by atoms with E-state index in [1.165, 1.54) is 19.2 Å². The summed E-state index contributed by atoms with van der Waals surface area (Å²) in [4.78, 5) is 24.0. The van der Waals surface area contributed by atoms with E-state index in [0.29, 0.717) is 18.5 Å². The molecule has 3 aromatic rings. The summed E-state index contributed by atoms with van der Waals surface area (Å²) in [7, 11) is 1.30. The number of rotatable bonds is 8. The van der Waals surface area contributed by atoms with E-state index in [4.69, 9.17) is 5.73 Å². The zero-order valence-corrected chi connectivity index (χ0v) is 17.3. The quantitative estimate of drug-likeness (QED) is 0.545. The van der Waals surface area contributed by atoms with E-state index in [-0.39, 0.29) is 18.1 Å². The molecule has 6 heteroatoms. The smallest absolute Gasteiger partial charge is 0.322 e. The fourth-order valence-electron chi connectivity index (χ4n) is 3.32. The van der Waals surface area contributed by atoms with Gasteiger partial charge in [-0.2, -0.15) is 0 Å². The molecule has 0 fully saturated rings. The van der Waals surface area contributed by atoms with Crippen LogP contribution in [0.1, 0.15) is 22.3 Å². The number of benzene rings is 3. The summed E-state index contributed by atoms with van der Waals surface area (Å²) in [5.74, 6) is -0.864. The number of hydrogen-bond donors (Lipinski definition) is 2. The molecule has 3 N–H and O–H groups in total. The van der Waals surface area contributed by atoms with Crippen LogP contribution < -0.4 is 11.1 Å². The molecule has 0 heterocycles. The number of amides is 1. The second kappa shape index (κ2) is 10.5. The molecule has 5 nitrogen and oxygen atoms in total. The minimum atomic E-state index is -0.719. The molecule has 0 aliphatic rings. The molecule has 0 bridgehead atoms. The van der Waals surface area contributed by atoms with Crippen LogP contribution in [0.25, 0.3) is 0 Å². The predicted molar refractivity (Wildman–Crippen MR) is 118 cm³/mol. The van der Waals surface area contributed by atoms with Gasteiger partial charge in [0.05, 0.1) is 13.5 Å². The molecular formula is C25H25FN2O3. The highest BCUT2D eigenvalue weighted by Crippen LogP contribution is 2.17. The highest BCUT2D eigenvalue weighted by atomic mass is 19.1. The lowest BCUT2D eigenvalue weighted by Crippen LogP contribution is -2.33. The number of carbonyl (C=O) groups excluding carboxylic acids is 2. The number of methoxy groups -OCH3 is 1. The normalized spacial score (nSPS) is 11.6. The lowest BCUT2D eigenvalue weighted by molar-refractivity contribution is -0.142.